The van der Waals surface area contributed by atoms with Crippen molar-refractivity contribution in [1.29, 1.82) is 0 Å². The number of rotatable bonds is 4. The molecule has 1 aliphatic rings. The smallest absolute Gasteiger partial charge is 0.310 e. The Balaban J connectivity index is 2.09. The van der Waals surface area contributed by atoms with Crippen molar-refractivity contribution >= 4 is 35.8 Å². The van der Waals surface area contributed by atoms with Crippen LogP contribution in [0.2, 0.25) is 0 Å². The zero-order chi connectivity index (χ0) is 14.5. The molecule has 0 aromatic heterocycles. The van der Waals surface area contributed by atoms with Crippen molar-refractivity contribution in [3.63, 3.8) is 0 Å². The van der Waals surface area contributed by atoms with E-state index < -0.39 is 0 Å². The van der Waals surface area contributed by atoms with Crippen molar-refractivity contribution in [2.24, 2.45) is 0 Å². The highest BCUT2D eigenvalue weighted by atomic mass is 35.5. The number of ether oxygens (including phenoxy) is 1. The lowest BCUT2D eigenvalue weighted by Crippen LogP contribution is -2.07. The van der Waals surface area contributed by atoms with Crippen molar-refractivity contribution in [3.05, 3.63) is 51.4 Å². The lowest BCUT2D eigenvalue weighted by Gasteiger charge is -2.14. The average Bonchev–Trinajstić information content (AvgIpc) is 2.43. The van der Waals surface area contributed by atoms with Crippen LogP contribution in [0.25, 0.3) is 5.57 Å². The van der Waals surface area contributed by atoms with Gasteiger partial charge in [0.2, 0.25) is 0 Å². The number of halogens is 1. The molecule has 1 aromatic carbocycles. The summed E-state index contributed by atoms with van der Waals surface area (Å²) in [6, 6.07) is 7.96. The van der Waals surface area contributed by atoms with E-state index in [0.29, 0.717) is 18.1 Å². The van der Waals surface area contributed by atoms with Gasteiger partial charge in [-0.05, 0) is 42.5 Å². The molecule has 1 aromatic rings. The van der Waals surface area contributed by atoms with E-state index in [0.717, 1.165) is 28.9 Å². The molecule has 0 saturated carbocycles. The van der Waals surface area contributed by atoms with E-state index in [2.05, 4.69) is 12.6 Å². The SMILES string of the molecule is CCOC(=O)Cc1ccc(C2=CC(Cl)=C(S)CC2)cc1. The van der Waals surface area contributed by atoms with Gasteiger partial charge in [0.15, 0.2) is 0 Å². The molecule has 0 heterocycles. The van der Waals surface area contributed by atoms with E-state index >= 15 is 0 Å². The molecule has 0 radical (unpaired) electrons. The zero-order valence-electron chi connectivity index (χ0n) is 11.4. The maximum absolute atomic E-state index is 11.4. The molecule has 0 N–H and O–H groups in total. The molecule has 2 nitrogen and oxygen atoms in total. The van der Waals surface area contributed by atoms with E-state index in [1.165, 1.54) is 5.57 Å². The van der Waals surface area contributed by atoms with Gasteiger partial charge in [0, 0.05) is 4.91 Å². The van der Waals surface area contributed by atoms with E-state index in [9.17, 15) is 4.79 Å². The third kappa shape index (κ3) is 3.90. The minimum Gasteiger partial charge on any atom is -0.466 e. The van der Waals surface area contributed by atoms with Gasteiger partial charge in [0.1, 0.15) is 0 Å². The summed E-state index contributed by atoms with van der Waals surface area (Å²) >= 11 is 10.4. The van der Waals surface area contributed by atoms with Crippen molar-refractivity contribution in [2.75, 3.05) is 6.61 Å². The fraction of sp³-hybridized carbons (Fsp3) is 0.312. The summed E-state index contributed by atoms with van der Waals surface area (Å²) in [5, 5.41) is 0.713. The Kier molecular flexibility index (Phi) is 5.32. The lowest BCUT2D eigenvalue weighted by atomic mass is 9.96. The molecule has 0 spiro atoms. The molecule has 0 aliphatic heterocycles. The molecular formula is C16H17ClO2S. The monoisotopic (exact) mass is 308 g/mol. The Morgan fingerprint density at radius 2 is 2.00 bits per heavy atom. The first-order valence-electron chi connectivity index (χ1n) is 6.63. The summed E-state index contributed by atoms with van der Waals surface area (Å²) in [6.07, 6.45) is 4.09. The van der Waals surface area contributed by atoms with Crippen LogP contribution in [0.4, 0.5) is 0 Å². The summed E-state index contributed by atoms with van der Waals surface area (Å²) in [5.74, 6) is -0.192. The van der Waals surface area contributed by atoms with Crippen molar-refractivity contribution in [3.8, 4) is 0 Å². The molecule has 0 unspecified atom stereocenters. The Morgan fingerprint density at radius 3 is 2.60 bits per heavy atom. The molecule has 1 aliphatic carbocycles. The molecule has 2 rings (SSSR count). The van der Waals surface area contributed by atoms with E-state index in [1.54, 1.807) is 0 Å². The highest BCUT2D eigenvalue weighted by Crippen LogP contribution is 2.33. The van der Waals surface area contributed by atoms with Crippen LogP contribution in [0.3, 0.4) is 0 Å². The van der Waals surface area contributed by atoms with Gasteiger partial charge in [-0.1, -0.05) is 35.9 Å². The first-order valence-corrected chi connectivity index (χ1v) is 7.45. The summed E-state index contributed by atoms with van der Waals surface area (Å²) in [4.78, 5) is 12.4. The van der Waals surface area contributed by atoms with Gasteiger partial charge in [-0.3, -0.25) is 4.79 Å². The van der Waals surface area contributed by atoms with Crippen molar-refractivity contribution < 1.29 is 9.53 Å². The molecule has 20 heavy (non-hydrogen) atoms. The third-order valence-corrected chi connectivity index (χ3v) is 4.12. The van der Waals surface area contributed by atoms with Crippen LogP contribution in [-0.2, 0) is 16.0 Å². The maximum atomic E-state index is 11.4. The molecule has 0 saturated heterocycles. The minimum atomic E-state index is -0.192. The van der Waals surface area contributed by atoms with Crippen molar-refractivity contribution in [1.82, 2.24) is 0 Å². The van der Waals surface area contributed by atoms with Crippen LogP contribution in [0.1, 0.15) is 30.9 Å². The van der Waals surface area contributed by atoms with Gasteiger partial charge in [-0.2, -0.15) is 0 Å². The standard InChI is InChI=1S/C16H17ClO2S/c1-2-19-16(18)9-11-3-5-12(6-4-11)13-7-8-15(20)14(17)10-13/h3-6,10,20H,2,7-9H2,1H3. The van der Waals surface area contributed by atoms with E-state index in [-0.39, 0.29) is 5.97 Å². The van der Waals surface area contributed by atoms with E-state index in [1.807, 2.05) is 37.3 Å². The number of carbonyl (C=O) groups excluding carboxylic acids is 1. The topological polar surface area (TPSA) is 26.3 Å². The van der Waals surface area contributed by atoms with Gasteiger partial charge in [-0.25, -0.2) is 0 Å². The van der Waals surface area contributed by atoms with Crippen LogP contribution in [0, 0.1) is 0 Å². The normalized spacial score (nSPS) is 15.1. The summed E-state index contributed by atoms with van der Waals surface area (Å²) in [6.45, 7) is 2.23. The third-order valence-electron chi connectivity index (χ3n) is 3.19. The van der Waals surface area contributed by atoms with Crippen LogP contribution >= 0.6 is 24.2 Å². The summed E-state index contributed by atoms with van der Waals surface area (Å²) in [5.41, 5.74) is 3.30. The van der Waals surface area contributed by atoms with Gasteiger partial charge in [0.05, 0.1) is 18.1 Å². The summed E-state index contributed by atoms with van der Waals surface area (Å²) in [7, 11) is 0. The Bertz CT molecular complexity index is 558. The fourth-order valence-electron chi connectivity index (χ4n) is 2.12. The first-order chi connectivity index (χ1) is 9.60. The second-order valence-corrected chi connectivity index (χ2v) is 5.59. The van der Waals surface area contributed by atoms with Gasteiger partial charge >= 0.3 is 5.97 Å². The predicted octanol–water partition coefficient (Wildman–Crippen LogP) is 4.35. The van der Waals surface area contributed by atoms with Crippen LogP contribution in [-0.4, -0.2) is 12.6 Å². The van der Waals surface area contributed by atoms with Gasteiger partial charge in [-0.15, -0.1) is 12.6 Å². The molecule has 0 bridgehead atoms. The molecule has 0 atom stereocenters. The highest BCUT2D eigenvalue weighted by Gasteiger charge is 2.11. The number of carbonyl (C=O) groups is 1. The zero-order valence-corrected chi connectivity index (χ0v) is 13.0. The number of hydrogen-bond acceptors (Lipinski definition) is 3. The van der Waals surface area contributed by atoms with Crippen LogP contribution < -0.4 is 0 Å². The lowest BCUT2D eigenvalue weighted by molar-refractivity contribution is -0.142. The van der Waals surface area contributed by atoms with Gasteiger partial charge in [0.25, 0.3) is 0 Å². The Labute approximate surface area is 129 Å². The highest BCUT2D eigenvalue weighted by molar-refractivity contribution is 7.84. The Hall–Kier alpha value is -1.19. The van der Waals surface area contributed by atoms with Gasteiger partial charge < -0.3 is 4.74 Å². The maximum Gasteiger partial charge on any atom is 0.310 e. The molecule has 0 amide bonds. The summed E-state index contributed by atoms with van der Waals surface area (Å²) < 4.78 is 4.94. The quantitative estimate of drug-likeness (QED) is 0.661. The Morgan fingerprint density at radius 1 is 1.30 bits per heavy atom. The second kappa shape index (κ2) is 7.00. The number of allylic oxidation sites excluding steroid dienone is 4. The number of esters is 1. The largest absolute Gasteiger partial charge is 0.466 e. The minimum absolute atomic E-state index is 0.192. The number of benzene rings is 1. The predicted molar refractivity (Wildman–Crippen MR) is 85.9 cm³/mol. The molecule has 106 valence electrons. The first kappa shape index (κ1) is 15.2. The molecule has 0 fully saturated rings. The van der Waals surface area contributed by atoms with Crippen molar-refractivity contribution in [2.45, 2.75) is 26.2 Å². The number of hydrogen-bond donors (Lipinski definition) is 1. The average molecular weight is 309 g/mol. The van der Waals surface area contributed by atoms with Crippen LogP contribution in [0.15, 0.2) is 40.3 Å². The fourth-order valence-corrected chi connectivity index (χ4v) is 2.53. The molecule has 4 heteroatoms. The van der Waals surface area contributed by atoms with Crippen LogP contribution in [0.5, 0.6) is 0 Å². The molecular weight excluding hydrogens is 292 g/mol. The second-order valence-electron chi connectivity index (χ2n) is 4.64. The number of thiol groups is 1. The van der Waals surface area contributed by atoms with E-state index in [4.69, 9.17) is 16.3 Å².